The van der Waals surface area contributed by atoms with Gasteiger partial charge in [-0.15, -0.1) is 0 Å². The van der Waals surface area contributed by atoms with E-state index < -0.39 is 26.6 Å². The molecule has 3 aromatic rings. The first kappa shape index (κ1) is 23.4. The van der Waals surface area contributed by atoms with Crippen LogP contribution in [0.15, 0.2) is 71.6 Å². The van der Waals surface area contributed by atoms with Gasteiger partial charge in [-0.2, -0.15) is 9.57 Å². The highest BCUT2D eigenvalue weighted by Crippen LogP contribution is 2.25. The Morgan fingerprint density at radius 1 is 1.06 bits per heavy atom. The van der Waals surface area contributed by atoms with E-state index in [2.05, 4.69) is 11.4 Å². The molecule has 0 aliphatic carbocycles. The number of carbonyl (C=O) groups is 1. The van der Waals surface area contributed by atoms with E-state index in [1.54, 1.807) is 42.5 Å². The summed E-state index contributed by atoms with van der Waals surface area (Å²) in [7, 11) is -4.01. The van der Waals surface area contributed by atoms with Crippen molar-refractivity contribution in [2.45, 2.75) is 24.3 Å². The summed E-state index contributed by atoms with van der Waals surface area (Å²) in [4.78, 5) is 12.3. The Hall–Kier alpha value is -3.74. The van der Waals surface area contributed by atoms with E-state index in [-0.39, 0.29) is 12.2 Å². The average Bonchev–Trinajstić information content (AvgIpc) is 3.39. The highest BCUT2D eigenvalue weighted by atomic mass is 32.2. The van der Waals surface area contributed by atoms with Gasteiger partial charge >= 0.3 is 0 Å². The van der Waals surface area contributed by atoms with E-state index in [1.165, 1.54) is 10.4 Å². The number of hydrogen-bond donors (Lipinski definition) is 1. The SMILES string of the molecule is N#Cc1cccc(COc2cccc(NC(=O)c3ccc(F)c(S(=O)(=O)N4CCCC4)c3)c2)c1. The van der Waals surface area contributed by atoms with Crippen LogP contribution in [0.3, 0.4) is 0 Å². The molecule has 0 bridgehead atoms. The normalized spacial score (nSPS) is 13.9. The molecule has 0 unspecified atom stereocenters. The smallest absolute Gasteiger partial charge is 0.255 e. The van der Waals surface area contributed by atoms with Crippen molar-refractivity contribution in [2.24, 2.45) is 0 Å². The van der Waals surface area contributed by atoms with Gasteiger partial charge < -0.3 is 10.1 Å². The lowest BCUT2D eigenvalue weighted by Crippen LogP contribution is -2.29. The molecular weight excluding hydrogens is 457 g/mol. The van der Waals surface area contributed by atoms with Gasteiger partial charge in [0.05, 0.1) is 11.6 Å². The first-order chi connectivity index (χ1) is 16.4. The largest absolute Gasteiger partial charge is 0.489 e. The highest BCUT2D eigenvalue weighted by Gasteiger charge is 2.30. The maximum absolute atomic E-state index is 14.4. The fraction of sp³-hybridized carbons (Fsp3) is 0.200. The van der Waals surface area contributed by atoms with Crippen molar-refractivity contribution in [3.8, 4) is 11.8 Å². The number of rotatable bonds is 7. The van der Waals surface area contributed by atoms with Crippen LogP contribution in [0, 0.1) is 17.1 Å². The van der Waals surface area contributed by atoms with Gasteiger partial charge in [0.15, 0.2) is 0 Å². The van der Waals surface area contributed by atoms with Crippen molar-refractivity contribution in [3.05, 3.63) is 89.2 Å². The molecule has 1 fully saturated rings. The Labute approximate surface area is 197 Å². The molecule has 1 heterocycles. The minimum absolute atomic E-state index is 0.0267. The van der Waals surface area contributed by atoms with Gasteiger partial charge in [-0.25, -0.2) is 12.8 Å². The lowest BCUT2D eigenvalue weighted by atomic mass is 10.1. The van der Waals surface area contributed by atoms with Crippen molar-refractivity contribution in [1.29, 1.82) is 5.26 Å². The molecule has 1 N–H and O–H groups in total. The third kappa shape index (κ3) is 5.25. The zero-order valence-electron chi connectivity index (χ0n) is 18.2. The summed E-state index contributed by atoms with van der Waals surface area (Å²) in [6.07, 6.45) is 1.45. The van der Waals surface area contributed by atoms with Crippen LogP contribution >= 0.6 is 0 Å². The van der Waals surface area contributed by atoms with Crippen LogP contribution in [0.2, 0.25) is 0 Å². The molecule has 174 valence electrons. The Morgan fingerprint density at radius 3 is 2.59 bits per heavy atom. The van der Waals surface area contributed by atoms with Crippen molar-refractivity contribution in [3.63, 3.8) is 0 Å². The van der Waals surface area contributed by atoms with Crippen molar-refractivity contribution >= 4 is 21.6 Å². The average molecular weight is 480 g/mol. The van der Waals surface area contributed by atoms with Crippen LogP contribution in [0.1, 0.15) is 34.3 Å². The molecule has 1 saturated heterocycles. The van der Waals surface area contributed by atoms with E-state index in [0.29, 0.717) is 30.1 Å². The van der Waals surface area contributed by atoms with Gasteiger partial charge in [0.2, 0.25) is 10.0 Å². The Bertz CT molecular complexity index is 1360. The van der Waals surface area contributed by atoms with Crippen molar-refractivity contribution in [2.75, 3.05) is 18.4 Å². The van der Waals surface area contributed by atoms with E-state index in [0.717, 1.165) is 30.5 Å². The highest BCUT2D eigenvalue weighted by molar-refractivity contribution is 7.89. The number of sulfonamides is 1. The van der Waals surface area contributed by atoms with Gasteiger partial charge in [0, 0.05) is 30.4 Å². The number of nitriles is 1. The number of halogens is 1. The molecule has 0 atom stereocenters. The van der Waals surface area contributed by atoms with Crippen LogP contribution in [0.4, 0.5) is 10.1 Å². The second kappa shape index (κ2) is 10.0. The number of anilines is 1. The van der Waals surface area contributed by atoms with E-state index in [4.69, 9.17) is 10.00 Å². The van der Waals surface area contributed by atoms with E-state index in [9.17, 15) is 17.6 Å². The van der Waals surface area contributed by atoms with Gasteiger partial charge in [-0.05, 0) is 60.9 Å². The summed E-state index contributed by atoms with van der Waals surface area (Å²) in [6, 6.07) is 19.1. The number of nitrogens with one attached hydrogen (secondary N) is 1. The lowest BCUT2D eigenvalue weighted by Gasteiger charge is -2.16. The molecule has 0 saturated carbocycles. The minimum atomic E-state index is -4.01. The summed E-state index contributed by atoms with van der Waals surface area (Å²) < 4.78 is 46.9. The summed E-state index contributed by atoms with van der Waals surface area (Å²) >= 11 is 0. The molecular formula is C25H22FN3O4S. The predicted molar refractivity (Wildman–Crippen MR) is 124 cm³/mol. The fourth-order valence-electron chi connectivity index (χ4n) is 3.67. The Balaban J connectivity index is 1.47. The molecule has 3 aromatic carbocycles. The van der Waals surface area contributed by atoms with Gasteiger partial charge in [-0.1, -0.05) is 18.2 Å². The van der Waals surface area contributed by atoms with Crippen LogP contribution in [-0.2, 0) is 16.6 Å². The first-order valence-electron chi connectivity index (χ1n) is 10.7. The third-order valence-corrected chi connectivity index (χ3v) is 7.34. The maximum atomic E-state index is 14.4. The molecule has 0 spiro atoms. The van der Waals surface area contributed by atoms with Gasteiger partial charge in [-0.3, -0.25) is 4.79 Å². The molecule has 7 nitrogen and oxygen atoms in total. The lowest BCUT2D eigenvalue weighted by molar-refractivity contribution is 0.102. The Kier molecular flexibility index (Phi) is 6.91. The second-order valence-electron chi connectivity index (χ2n) is 7.84. The van der Waals surface area contributed by atoms with Crippen molar-refractivity contribution < 1.29 is 22.3 Å². The predicted octanol–water partition coefficient (Wildman–Crippen LogP) is 4.31. The molecule has 34 heavy (non-hydrogen) atoms. The summed E-state index contributed by atoms with van der Waals surface area (Å²) in [6.45, 7) is 0.917. The zero-order valence-corrected chi connectivity index (χ0v) is 19.0. The number of ether oxygens (including phenoxy) is 1. The monoisotopic (exact) mass is 479 g/mol. The number of hydrogen-bond acceptors (Lipinski definition) is 5. The Morgan fingerprint density at radius 2 is 1.82 bits per heavy atom. The molecule has 9 heteroatoms. The number of benzene rings is 3. The van der Waals surface area contributed by atoms with Crippen LogP contribution in [0.25, 0.3) is 0 Å². The molecule has 0 aromatic heterocycles. The first-order valence-corrected chi connectivity index (χ1v) is 12.1. The second-order valence-corrected chi connectivity index (χ2v) is 9.75. The number of nitrogens with zero attached hydrogens (tertiary/aromatic N) is 2. The van der Waals surface area contributed by atoms with Crippen LogP contribution < -0.4 is 10.1 Å². The van der Waals surface area contributed by atoms with Crippen LogP contribution in [-0.4, -0.2) is 31.7 Å². The fourth-order valence-corrected chi connectivity index (χ4v) is 5.28. The molecule has 0 radical (unpaired) electrons. The molecule has 1 aliphatic rings. The standard InChI is InChI=1S/C25H22FN3O4S/c26-23-10-9-20(14-24(23)34(31,32)29-11-1-2-12-29)25(30)28-21-7-4-8-22(15-21)33-17-19-6-3-5-18(13-19)16-27/h3-10,13-15H,1-2,11-12,17H2,(H,28,30). The minimum Gasteiger partial charge on any atom is -0.489 e. The zero-order chi connectivity index (χ0) is 24.1. The maximum Gasteiger partial charge on any atom is 0.255 e. The molecule has 1 aliphatic heterocycles. The summed E-state index contributed by atoms with van der Waals surface area (Å²) in [5, 5.41) is 11.7. The van der Waals surface area contributed by atoms with Crippen molar-refractivity contribution in [1.82, 2.24) is 4.31 Å². The summed E-state index contributed by atoms with van der Waals surface area (Å²) in [5.41, 5.74) is 1.82. The summed E-state index contributed by atoms with van der Waals surface area (Å²) in [5.74, 6) is -0.965. The molecule has 1 amide bonds. The van der Waals surface area contributed by atoms with Gasteiger partial charge in [0.25, 0.3) is 5.91 Å². The quantitative estimate of drug-likeness (QED) is 0.544. The number of amides is 1. The number of carbonyl (C=O) groups excluding carboxylic acids is 1. The van der Waals surface area contributed by atoms with Gasteiger partial charge in [0.1, 0.15) is 23.1 Å². The third-order valence-electron chi connectivity index (χ3n) is 5.43. The van der Waals surface area contributed by atoms with E-state index in [1.807, 2.05) is 6.07 Å². The van der Waals surface area contributed by atoms with E-state index >= 15 is 0 Å². The molecule has 4 rings (SSSR count). The topological polar surface area (TPSA) is 99.5 Å². The van der Waals surface area contributed by atoms with Crippen LogP contribution in [0.5, 0.6) is 5.75 Å².